The van der Waals surface area contributed by atoms with Crippen LogP contribution in [0.15, 0.2) is 54.2 Å². The van der Waals surface area contributed by atoms with Gasteiger partial charge in [0.2, 0.25) is 0 Å². The van der Waals surface area contributed by atoms with Gasteiger partial charge in [-0.2, -0.15) is 0 Å². The Morgan fingerprint density at radius 2 is 2.04 bits per heavy atom. The van der Waals surface area contributed by atoms with E-state index in [4.69, 9.17) is 14.2 Å². The Bertz CT molecular complexity index is 602. The predicted molar refractivity (Wildman–Crippen MR) is 89.8 cm³/mol. The molecule has 0 aromatic heterocycles. The van der Waals surface area contributed by atoms with Crippen LogP contribution in [0.5, 0.6) is 0 Å². The summed E-state index contributed by atoms with van der Waals surface area (Å²) in [5, 5.41) is 0. The molecule has 0 spiro atoms. The quantitative estimate of drug-likeness (QED) is 0.826. The summed E-state index contributed by atoms with van der Waals surface area (Å²) in [4.78, 5) is 1.87. The molecule has 1 atom stereocenters. The minimum absolute atomic E-state index is 0.0901. The van der Waals surface area contributed by atoms with Crippen LogP contribution in [0.25, 0.3) is 0 Å². The number of hydrogen-bond acceptors (Lipinski definition) is 4. The second-order valence-corrected chi connectivity index (χ2v) is 6.78. The van der Waals surface area contributed by atoms with Gasteiger partial charge in [-0.3, -0.25) is 0 Å². The molecule has 2 aliphatic heterocycles. The van der Waals surface area contributed by atoms with E-state index in [1.165, 1.54) is 6.08 Å². The van der Waals surface area contributed by atoms with E-state index in [2.05, 4.69) is 0 Å². The smallest absolute Gasteiger partial charge is 0.190 e. The van der Waals surface area contributed by atoms with Gasteiger partial charge in [0.15, 0.2) is 5.88 Å². The van der Waals surface area contributed by atoms with Crippen molar-refractivity contribution < 1.29 is 18.6 Å². The Morgan fingerprint density at radius 1 is 1.25 bits per heavy atom. The van der Waals surface area contributed by atoms with E-state index in [1.807, 2.05) is 49.1 Å². The van der Waals surface area contributed by atoms with Crippen LogP contribution in [-0.4, -0.2) is 42.9 Å². The van der Waals surface area contributed by atoms with Gasteiger partial charge in [-0.15, -0.1) is 0 Å². The van der Waals surface area contributed by atoms with E-state index in [1.54, 1.807) is 6.08 Å². The molecular formula is C19H24FNO3. The molecule has 0 N–H and O–H groups in total. The van der Waals surface area contributed by atoms with Gasteiger partial charge < -0.3 is 19.1 Å². The number of benzene rings is 1. The van der Waals surface area contributed by atoms with E-state index < -0.39 is 0 Å². The first-order valence-corrected chi connectivity index (χ1v) is 8.25. The van der Waals surface area contributed by atoms with Gasteiger partial charge >= 0.3 is 0 Å². The molecule has 1 unspecified atom stereocenters. The molecule has 1 aromatic rings. The second kappa shape index (κ2) is 7.36. The third kappa shape index (κ3) is 4.58. The topological polar surface area (TPSA) is 30.9 Å². The molecule has 24 heavy (non-hydrogen) atoms. The molecular weight excluding hydrogens is 309 g/mol. The molecule has 1 aromatic carbocycles. The molecule has 2 heterocycles. The highest BCUT2D eigenvalue weighted by molar-refractivity contribution is 5.19. The molecule has 4 nitrogen and oxygen atoms in total. The molecule has 2 aliphatic rings. The minimum Gasteiger partial charge on any atom is -0.474 e. The van der Waals surface area contributed by atoms with Gasteiger partial charge in [0.1, 0.15) is 12.4 Å². The molecule has 5 heteroatoms. The van der Waals surface area contributed by atoms with Crippen molar-refractivity contribution in [2.45, 2.75) is 32.2 Å². The van der Waals surface area contributed by atoms with E-state index >= 15 is 0 Å². The number of halogens is 1. The molecule has 0 saturated carbocycles. The summed E-state index contributed by atoms with van der Waals surface area (Å²) in [6, 6.07) is 9.92. The Balaban J connectivity index is 1.59. The van der Waals surface area contributed by atoms with Crippen LogP contribution in [0.1, 0.15) is 19.4 Å². The van der Waals surface area contributed by atoms with Crippen molar-refractivity contribution in [1.29, 1.82) is 0 Å². The van der Waals surface area contributed by atoms with Gasteiger partial charge in [0, 0.05) is 12.6 Å². The maximum Gasteiger partial charge on any atom is 0.190 e. The number of nitrogens with zero attached hydrogens (tertiary/aromatic N) is 1. The summed E-state index contributed by atoms with van der Waals surface area (Å²) in [6.07, 6.45) is 3.04. The molecule has 130 valence electrons. The Morgan fingerprint density at radius 3 is 2.75 bits per heavy atom. The van der Waals surface area contributed by atoms with Crippen molar-refractivity contribution in [2.24, 2.45) is 0 Å². The SMILES string of the molecule is CC1(C)COC(CN2CC(F)=CC=C2OCc2ccccc2)CO1. The van der Waals surface area contributed by atoms with Crippen molar-refractivity contribution >= 4 is 0 Å². The first kappa shape index (κ1) is 17.0. The monoisotopic (exact) mass is 333 g/mol. The number of allylic oxidation sites excluding steroid dienone is 2. The standard InChI is InChI=1S/C19H24FNO3/c1-19(2)14-23-17(13-24-19)11-21-10-16(20)8-9-18(21)22-12-15-6-4-3-5-7-15/h3-9,17H,10-14H2,1-2H3. The summed E-state index contributed by atoms with van der Waals surface area (Å²) in [5.41, 5.74) is 0.818. The zero-order valence-corrected chi connectivity index (χ0v) is 14.2. The van der Waals surface area contributed by atoms with E-state index in [9.17, 15) is 4.39 Å². The molecule has 1 saturated heterocycles. The molecule has 3 rings (SSSR count). The molecule has 1 fully saturated rings. The second-order valence-electron chi connectivity index (χ2n) is 6.78. The highest BCUT2D eigenvalue weighted by Gasteiger charge is 2.30. The van der Waals surface area contributed by atoms with Crippen molar-refractivity contribution in [1.82, 2.24) is 4.90 Å². The maximum absolute atomic E-state index is 13.7. The van der Waals surface area contributed by atoms with Crippen LogP contribution in [0, 0.1) is 0 Å². The largest absolute Gasteiger partial charge is 0.474 e. The zero-order valence-electron chi connectivity index (χ0n) is 14.2. The van der Waals surface area contributed by atoms with E-state index in [0.717, 1.165) is 5.56 Å². The highest BCUT2D eigenvalue weighted by atomic mass is 19.1. The van der Waals surface area contributed by atoms with E-state index in [-0.39, 0.29) is 24.1 Å². The van der Waals surface area contributed by atoms with Crippen LogP contribution in [-0.2, 0) is 20.8 Å². The summed E-state index contributed by atoms with van der Waals surface area (Å²) in [5.74, 6) is 0.479. The first-order valence-electron chi connectivity index (χ1n) is 8.25. The van der Waals surface area contributed by atoms with Crippen LogP contribution >= 0.6 is 0 Å². The Kier molecular flexibility index (Phi) is 5.21. The predicted octanol–water partition coefficient (Wildman–Crippen LogP) is 3.41. The average molecular weight is 333 g/mol. The van der Waals surface area contributed by atoms with Crippen molar-refractivity contribution in [2.75, 3.05) is 26.3 Å². The number of hydrogen-bond donors (Lipinski definition) is 0. The van der Waals surface area contributed by atoms with Crippen LogP contribution in [0.2, 0.25) is 0 Å². The fraction of sp³-hybridized carbons (Fsp3) is 0.474. The van der Waals surface area contributed by atoms with Crippen LogP contribution in [0.4, 0.5) is 4.39 Å². The van der Waals surface area contributed by atoms with Crippen molar-refractivity contribution in [3.8, 4) is 0 Å². The van der Waals surface area contributed by atoms with Crippen LogP contribution in [0.3, 0.4) is 0 Å². The normalized spacial score (nSPS) is 23.5. The fourth-order valence-electron chi connectivity index (χ4n) is 2.68. The Hall–Kier alpha value is -1.85. The molecule has 0 radical (unpaired) electrons. The molecule has 0 bridgehead atoms. The lowest BCUT2D eigenvalue weighted by molar-refractivity contribution is -0.179. The summed E-state index contributed by atoms with van der Waals surface area (Å²) in [6.45, 7) is 6.23. The number of rotatable bonds is 5. The van der Waals surface area contributed by atoms with Gasteiger partial charge in [0.25, 0.3) is 0 Å². The van der Waals surface area contributed by atoms with Gasteiger partial charge in [0.05, 0.1) is 31.5 Å². The first-order chi connectivity index (χ1) is 11.5. The average Bonchev–Trinajstić information content (AvgIpc) is 2.57. The summed E-state index contributed by atoms with van der Waals surface area (Å²) < 4.78 is 31.2. The lowest BCUT2D eigenvalue weighted by atomic mass is 10.1. The highest BCUT2D eigenvalue weighted by Crippen LogP contribution is 2.22. The zero-order chi connectivity index (χ0) is 17.0. The maximum atomic E-state index is 13.7. The van der Waals surface area contributed by atoms with Gasteiger partial charge in [-0.1, -0.05) is 30.3 Å². The van der Waals surface area contributed by atoms with Crippen molar-refractivity contribution in [3.63, 3.8) is 0 Å². The lowest BCUT2D eigenvalue weighted by Crippen LogP contribution is -2.47. The molecule has 0 aliphatic carbocycles. The molecule has 0 amide bonds. The van der Waals surface area contributed by atoms with Gasteiger partial charge in [-0.25, -0.2) is 4.39 Å². The minimum atomic E-state index is -0.258. The summed E-state index contributed by atoms with van der Waals surface area (Å²) >= 11 is 0. The van der Waals surface area contributed by atoms with Crippen LogP contribution < -0.4 is 0 Å². The Labute approximate surface area is 142 Å². The van der Waals surface area contributed by atoms with Crippen molar-refractivity contribution in [3.05, 3.63) is 59.8 Å². The third-order valence-corrected chi connectivity index (χ3v) is 4.04. The van der Waals surface area contributed by atoms with Gasteiger partial charge in [-0.05, 0) is 25.5 Å². The fourth-order valence-corrected chi connectivity index (χ4v) is 2.68. The lowest BCUT2D eigenvalue weighted by Gasteiger charge is -2.38. The van der Waals surface area contributed by atoms with E-state index in [0.29, 0.717) is 32.2 Å². The number of ether oxygens (including phenoxy) is 3. The third-order valence-electron chi connectivity index (χ3n) is 4.04. The summed E-state index contributed by atoms with van der Waals surface area (Å²) in [7, 11) is 0.